The number of methoxy groups -OCH3 is 1. The average Bonchev–Trinajstić information content (AvgIpc) is 2.97. The fourth-order valence-electron chi connectivity index (χ4n) is 3.54. The number of ether oxygens (including phenoxy) is 1. The molecule has 144 valence electrons. The lowest BCUT2D eigenvalue weighted by molar-refractivity contribution is 0.0600. The smallest absolute Gasteiger partial charge is 0.341 e. The summed E-state index contributed by atoms with van der Waals surface area (Å²) >= 11 is 3.70. The van der Waals surface area contributed by atoms with Gasteiger partial charge in [0, 0.05) is 14.0 Å². The molecule has 1 heterocycles. The van der Waals surface area contributed by atoms with Crippen molar-refractivity contribution in [2.24, 2.45) is 11.3 Å². The van der Waals surface area contributed by atoms with Crippen LogP contribution in [0.1, 0.15) is 58.3 Å². The van der Waals surface area contributed by atoms with Crippen LogP contribution in [0.15, 0.2) is 24.3 Å². The number of esters is 1. The molecule has 2 aromatic rings. The van der Waals surface area contributed by atoms with Crippen LogP contribution in [0.4, 0.5) is 5.00 Å². The van der Waals surface area contributed by atoms with E-state index in [9.17, 15) is 9.59 Å². The van der Waals surface area contributed by atoms with Crippen molar-refractivity contribution >= 4 is 50.8 Å². The number of nitrogens with one attached hydrogen (secondary N) is 1. The van der Waals surface area contributed by atoms with Crippen molar-refractivity contribution in [2.75, 3.05) is 12.4 Å². The minimum atomic E-state index is -0.375. The number of hydrogen-bond acceptors (Lipinski definition) is 4. The van der Waals surface area contributed by atoms with Crippen molar-refractivity contribution in [2.45, 2.75) is 40.0 Å². The minimum Gasteiger partial charge on any atom is -0.465 e. The minimum absolute atomic E-state index is 0.204. The largest absolute Gasteiger partial charge is 0.465 e. The van der Waals surface area contributed by atoms with Gasteiger partial charge in [-0.3, -0.25) is 4.79 Å². The number of carbonyl (C=O) groups is 2. The first kappa shape index (κ1) is 20.3. The van der Waals surface area contributed by atoms with E-state index in [-0.39, 0.29) is 17.3 Å². The van der Waals surface area contributed by atoms with E-state index in [0.717, 1.165) is 28.4 Å². The summed E-state index contributed by atoms with van der Waals surface area (Å²) in [6.45, 7) is 6.78. The van der Waals surface area contributed by atoms with E-state index < -0.39 is 0 Å². The van der Waals surface area contributed by atoms with Gasteiger partial charge in [0.2, 0.25) is 0 Å². The van der Waals surface area contributed by atoms with E-state index in [1.54, 1.807) is 6.07 Å². The molecule has 1 amide bonds. The predicted molar refractivity (Wildman–Crippen MR) is 118 cm³/mol. The number of hydrogen-bond donors (Lipinski definition) is 1. The molecule has 0 saturated carbocycles. The molecular formula is C21H24INO3S. The Labute approximate surface area is 177 Å². The molecule has 1 atom stereocenters. The molecule has 1 N–H and O–H groups in total. The van der Waals surface area contributed by atoms with E-state index in [1.807, 2.05) is 18.2 Å². The number of anilines is 1. The quantitative estimate of drug-likeness (QED) is 0.448. The van der Waals surface area contributed by atoms with Crippen LogP contribution in [-0.2, 0) is 17.6 Å². The van der Waals surface area contributed by atoms with Crippen molar-refractivity contribution in [1.29, 1.82) is 0 Å². The van der Waals surface area contributed by atoms with E-state index in [0.29, 0.717) is 22.0 Å². The number of amides is 1. The van der Waals surface area contributed by atoms with E-state index in [1.165, 1.54) is 23.3 Å². The normalized spacial score (nSPS) is 16.6. The maximum absolute atomic E-state index is 12.7. The Kier molecular flexibility index (Phi) is 5.96. The number of thiophene rings is 1. The van der Waals surface area contributed by atoms with Crippen LogP contribution in [0.5, 0.6) is 0 Å². The zero-order chi connectivity index (χ0) is 19.8. The van der Waals surface area contributed by atoms with E-state index in [4.69, 9.17) is 4.74 Å². The second kappa shape index (κ2) is 7.91. The third kappa shape index (κ3) is 4.37. The van der Waals surface area contributed by atoms with E-state index in [2.05, 4.69) is 48.7 Å². The molecule has 0 spiro atoms. The molecule has 3 rings (SSSR count). The Morgan fingerprint density at radius 1 is 1.30 bits per heavy atom. The fourth-order valence-corrected chi connectivity index (χ4v) is 5.39. The lowest BCUT2D eigenvalue weighted by atomic mass is 9.72. The summed E-state index contributed by atoms with van der Waals surface area (Å²) in [5.41, 5.74) is 2.38. The van der Waals surface area contributed by atoms with Crippen molar-refractivity contribution in [3.8, 4) is 0 Å². The first-order valence-corrected chi connectivity index (χ1v) is 10.9. The molecule has 4 nitrogen and oxygen atoms in total. The second-order valence-electron chi connectivity index (χ2n) is 7.97. The highest BCUT2D eigenvalue weighted by Gasteiger charge is 2.34. The van der Waals surface area contributed by atoms with Gasteiger partial charge in [0.1, 0.15) is 5.00 Å². The van der Waals surface area contributed by atoms with Gasteiger partial charge in [-0.1, -0.05) is 26.8 Å². The Bertz CT molecular complexity index is 882. The van der Waals surface area contributed by atoms with Gasteiger partial charge in [-0.2, -0.15) is 0 Å². The molecule has 0 aliphatic heterocycles. The SMILES string of the molecule is COC(=O)c1c(NC(=O)c2cccc(I)c2)sc2c1CCC(C(C)(C)C)C2. The maximum atomic E-state index is 12.7. The van der Waals surface area contributed by atoms with Crippen LogP contribution in [0.2, 0.25) is 0 Å². The van der Waals surface area contributed by atoms with Crippen LogP contribution in [0.25, 0.3) is 0 Å². The summed E-state index contributed by atoms with van der Waals surface area (Å²) in [6.07, 6.45) is 2.82. The highest BCUT2D eigenvalue weighted by atomic mass is 127. The molecule has 1 aromatic heterocycles. The van der Waals surface area contributed by atoms with Gasteiger partial charge in [-0.15, -0.1) is 11.3 Å². The maximum Gasteiger partial charge on any atom is 0.341 e. The number of halogens is 1. The highest BCUT2D eigenvalue weighted by Crippen LogP contribution is 2.44. The van der Waals surface area contributed by atoms with Crippen LogP contribution in [0, 0.1) is 14.9 Å². The van der Waals surface area contributed by atoms with Gasteiger partial charge >= 0.3 is 5.97 Å². The summed E-state index contributed by atoms with van der Waals surface area (Å²) in [7, 11) is 1.39. The Morgan fingerprint density at radius 2 is 2.04 bits per heavy atom. The molecule has 0 fully saturated rings. The summed E-state index contributed by atoms with van der Waals surface area (Å²) in [4.78, 5) is 26.3. The third-order valence-electron chi connectivity index (χ3n) is 5.19. The Morgan fingerprint density at radius 3 is 2.67 bits per heavy atom. The van der Waals surface area contributed by atoms with Crippen LogP contribution < -0.4 is 5.32 Å². The fraction of sp³-hybridized carbons (Fsp3) is 0.429. The summed E-state index contributed by atoms with van der Waals surface area (Å²) in [6, 6.07) is 7.40. The number of fused-ring (bicyclic) bond motifs is 1. The molecular weight excluding hydrogens is 473 g/mol. The summed E-state index contributed by atoms with van der Waals surface area (Å²) in [5.74, 6) is -0.0160. The van der Waals surface area contributed by atoms with Crippen molar-refractivity contribution in [1.82, 2.24) is 0 Å². The topological polar surface area (TPSA) is 55.4 Å². The van der Waals surface area contributed by atoms with Gasteiger partial charge in [0.15, 0.2) is 0 Å². The molecule has 0 radical (unpaired) electrons. The summed E-state index contributed by atoms with van der Waals surface area (Å²) < 4.78 is 6.01. The zero-order valence-electron chi connectivity index (χ0n) is 16.0. The van der Waals surface area contributed by atoms with Gasteiger partial charge in [0.25, 0.3) is 5.91 Å². The van der Waals surface area contributed by atoms with E-state index >= 15 is 0 Å². The summed E-state index contributed by atoms with van der Waals surface area (Å²) in [5, 5.41) is 3.56. The van der Waals surface area contributed by atoms with Gasteiger partial charge in [0.05, 0.1) is 12.7 Å². The van der Waals surface area contributed by atoms with Crippen LogP contribution >= 0.6 is 33.9 Å². The number of rotatable bonds is 3. The lowest BCUT2D eigenvalue weighted by Crippen LogP contribution is -2.26. The molecule has 6 heteroatoms. The second-order valence-corrected chi connectivity index (χ2v) is 10.3. The molecule has 1 aromatic carbocycles. The molecule has 1 unspecified atom stereocenters. The third-order valence-corrected chi connectivity index (χ3v) is 7.03. The first-order valence-electron chi connectivity index (χ1n) is 9.00. The van der Waals surface area contributed by atoms with Gasteiger partial charge in [-0.05, 0) is 76.9 Å². The zero-order valence-corrected chi connectivity index (χ0v) is 19.0. The van der Waals surface area contributed by atoms with Crippen molar-refractivity contribution in [3.05, 3.63) is 49.4 Å². The highest BCUT2D eigenvalue weighted by molar-refractivity contribution is 14.1. The van der Waals surface area contributed by atoms with Crippen LogP contribution in [0.3, 0.4) is 0 Å². The lowest BCUT2D eigenvalue weighted by Gasteiger charge is -2.33. The number of carbonyl (C=O) groups excluding carboxylic acids is 2. The van der Waals surface area contributed by atoms with Crippen LogP contribution in [-0.4, -0.2) is 19.0 Å². The molecule has 27 heavy (non-hydrogen) atoms. The average molecular weight is 497 g/mol. The van der Waals surface area contributed by atoms with Gasteiger partial charge < -0.3 is 10.1 Å². The van der Waals surface area contributed by atoms with Gasteiger partial charge in [-0.25, -0.2) is 4.79 Å². The molecule has 1 aliphatic carbocycles. The molecule has 0 bridgehead atoms. The molecule has 0 saturated heterocycles. The standard InChI is InChI=1S/C21H24INO3S/c1-21(2,3)13-8-9-15-16(11-13)27-19(17(15)20(25)26-4)23-18(24)12-6-5-7-14(22)10-12/h5-7,10,13H,8-9,11H2,1-4H3,(H,23,24). The Balaban J connectivity index is 1.94. The monoisotopic (exact) mass is 497 g/mol. The predicted octanol–water partition coefficient (Wildman–Crippen LogP) is 5.54. The van der Waals surface area contributed by atoms with Crippen molar-refractivity contribution in [3.63, 3.8) is 0 Å². The first-order chi connectivity index (χ1) is 12.7. The number of benzene rings is 1. The van der Waals surface area contributed by atoms with Crippen molar-refractivity contribution < 1.29 is 14.3 Å². The Hall–Kier alpha value is -1.41. The molecule has 1 aliphatic rings.